The molecule has 0 atom stereocenters. The molecule has 0 spiro atoms. The molecule has 0 aliphatic heterocycles. The minimum absolute atomic E-state index is 0.0666. The van der Waals surface area contributed by atoms with Crippen molar-refractivity contribution in [3.63, 3.8) is 0 Å². The number of carbonyl (C=O) groups excluding carboxylic acids is 1. The van der Waals surface area contributed by atoms with Gasteiger partial charge in [0.1, 0.15) is 11.9 Å². The summed E-state index contributed by atoms with van der Waals surface area (Å²) in [6.07, 6.45) is 3.18. The number of nitrogens with one attached hydrogen (secondary N) is 1. The lowest BCUT2D eigenvalue weighted by molar-refractivity contribution is 0.0950. The number of fused-ring (bicyclic) bond motifs is 1. The van der Waals surface area contributed by atoms with Gasteiger partial charge in [0.15, 0.2) is 5.69 Å². The van der Waals surface area contributed by atoms with Gasteiger partial charge in [-0.2, -0.15) is 10.4 Å². The molecule has 4 rings (SSSR count). The highest BCUT2D eigenvalue weighted by atomic mass is 35.5. The number of nitrogens with zero attached hydrogens (tertiary/aromatic N) is 5. The topological polar surface area (TPSA) is 123 Å². The van der Waals surface area contributed by atoms with E-state index in [-0.39, 0.29) is 23.7 Å². The van der Waals surface area contributed by atoms with Crippen LogP contribution in [0.15, 0.2) is 42.7 Å². The highest BCUT2D eigenvalue weighted by Gasteiger charge is 2.17. The third-order valence-electron chi connectivity index (χ3n) is 5.17. The molecule has 160 valence electrons. The zero-order chi connectivity index (χ0) is 22.8. The van der Waals surface area contributed by atoms with E-state index >= 15 is 0 Å². The van der Waals surface area contributed by atoms with Gasteiger partial charge in [-0.1, -0.05) is 17.7 Å². The van der Waals surface area contributed by atoms with Gasteiger partial charge in [0.25, 0.3) is 5.91 Å². The zero-order valence-corrected chi connectivity index (χ0v) is 18.3. The molecule has 0 bridgehead atoms. The largest absolute Gasteiger partial charge is 0.384 e. The van der Waals surface area contributed by atoms with Crippen molar-refractivity contribution in [2.45, 2.75) is 26.9 Å². The summed E-state index contributed by atoms with van der Waals surface area (Å²) in [5.74, 6) is 0.0628. The number of halogens is 1. The number of benzene rings is 1. The third kappa shape index (κ3) is 4.38. The van der Waals surface area contributed by atoms with E-state index in [2.05, 4.69) is 20.4 Å². The van der Waals surface area contributed by atoms with E-state index in [1.807, 2.05) is 44.2 Å². The third-order valence-corrected chi connectivity index (χ3v) is 5.38. The van der Waals surface area contributed by atoms with E-state index in [4.69, 9.17) is 17.3 Å². The van der Waals surface area contributed by atoms with Crippen LogP contribution in [0.1, 0.15) is 38.4 Å². The van der Waals surface area contributed by atoms with Gasteiger partial charge in [-0.3, -0.25) is 14.5 Å². The molecule has 8 nitrogen and oxygen atoms in total. The molecule has 0 radical (unpaired) electrons. The Hall–Kier alpha value is -3.96. The quantitative estimate of drug-likeness (QED) is 0.484. The summed E-state index contributed by atoms with van der Waals surface area (Å²) in [5.41, 5.74) is 10.4. The summed E-state index contributed by atoms with van der Waals surface area (Å²) in [5, 5.41) is 18.1. The minimum Gasteiger partial charge on any atom is -0.384 e. The predicted molar refractivity (Wildman–Crippen MR) is 122 cm³/mol. The molecule has 0 fully saturated rings. The number of rotatable bonds is 5. The Morgan fingerprint density at radius 1 is 1.28 bits per heavy atom. The van der Waals surface area contributed by atoms with E-state index in [1.165, 1.54) is 0 Å². The molecule has 1 aromatic carbocycles. The molecule has 0 unspecified atom stereocenters. The number of nitrogen functional groups attached to an aromatic ring is 1. The fourth-order valence-corrected chi connectivity index (χ4v) is 3.78. The van der Waals surface area contributed by atoms with Crippen molar-refractivity contribution in [2.24, 2.45) is 0 Å². The summed E-state index contributed by atoms with van der Waals surface area (Å²) in [4.78, 5) is 21.3. The van der Waals surface area contributed by atoms with Crippen LogP contribution in [0.25, 0.3) is 10.9 Å². The van der Waals surface area contributed by atoms with Gasteiger partial charge in [0.2, 0.25) is 0 Å². The van der Waals surface area contributed by atoms with Crippen LogP contribution in [0.3, 0.4) is 0 Å². The summed E-state index contributed by atoms with van der Waals surface area (Å²) in [6, 6.07) is 11.4. The fourth-order valence-electron chi connectivity index (χ4n) is 3.61. The number of nitriles is 1. The standard InChI is InChI=1S/C23H20ClN7O/c1-13-5-22(26)29-14(2)18(13)10-28-23(32)19-12-31(30-21(19)8-25)11-15-3-4-20-16(6-15)7-17(24)9-27-20/h3-7,9,12H,10-11H2,1-2H3,(H2,26,29)(H,28,32). The van der Waals surface area contributed by atoms with Crippen LogP contribution in [-0.2, 0) is 13.1 Å². The molecule has 32 heavy (non-hydrogen) atoms. The highest BCUT2D eigenvalue weighted by Crippen LogP contribution is 2.19. The number of aryl methyl sites for hydroxylation is 2. The van der Waals surface area contributed by atoms with Crippen LogP contribution in [-0.4, -0.2) is 25.7 Å². The fraction of sp³-hybridized carbons (Fsp3) is 0.174. The first kappa shape index (κ1) is 21.3. The number of carbonyl (C=O) groups is 1. The predicted octanol–water partition coefficient (Wildman–Crippen LogP) is 3.53. The molecule has 9 heteroatoms. The normalized spacial score (nSPS) is 10.8. The molecule has 0 saturated carbocycles. The molecular weight excluding hydrogens is 426 g/mol. The molecule has 3 N–H and O–H groups in total. The first-order valence-electron chi connectivity index (χ1n) is 9.86. The SMILES string of the molecule is Cc1cc(N)nc(C)c1CNC(=O)c1cn(Cc2ccc3ncc(Cl)cc3c2)nc1C#N. The first-order chi connectivity index (χ1) is 15.3. The molecule has 0 aliphatic carbocycles. The second-order valence-electron chi connectivity index (χ2n) is 7.49. The Morgan fingerprint density at radius 3 is 2.84 bits per heavy atom. The van der Waals surface area contributed by atoms with Crippen molar-refractivity contribution < 1.29 is 4.79 Å². The lowest BCUT2D eigenvalue weighted by atomic mass is 10.1. The van der Waals surface area contributed by atoms with Crippen molar-refractivity contribution >= 4 is 34.2 Å². The summed E-state index contributed by atoms with van der Waals surface area (Å²) in [6.45, 7) is 4.43. The van der Waals surface area contributed by atoms with E-state index in [0.717, 1.165) is 33.3 Å². The lowest BCUT2D eigenvalue weighted by Crippen LogP contribution is -2.24. The zero-order valence-electron chi connectivity index (χ0n) is 17.6. The van der Waals surface area contributed by atoms with Crippen molar-refractivity contribution in [1.29, 1.82) is 5.26 Å². The molecule has 4 aromatic rings. The number of amides is 1. The smallest absolute Gasteiger partial charge is 0.256 e. The Labute approximate surface area is 189 Å². The number of aromatic nitrogens is 4. The summed E-state index contributed by atoms with van der Waals surface area (Å²) in [7, 11) is 0. The summed E-state index contributed by atoms with van der Waals surface area (Å²) < 4.78 is 1.58. The van der Waals surface area contributed by atoms with E-state index in [9.17, 15) is 10.1 Å². The van der Waals surface area contributed by atoms with Crippen molar-refractivity contribution in [3.05, 3.63) is 81.4 Å². The van der Waals surface area contributed by atoms with E-state index < -0.39 is 0 Å². The Balaban J connectivity index is 1.53. The van der Waals surface area contributed by atoms with Crippen molar-refractivity contribution in [1.82, 2.24) is 25.1 Å². The van der Waals surface area contributed by atoms with Crippen LogP contribution < -0.4 is 11.1 Å². The molecular formula is C23H20ClN7O. The van der Waals surface area contributed by atoms with Crippen molar-refractivity contribution in [3.8, 4) is 6.07 Å². The van der Waals surface area contributed by atoms with Crippen LogP contribution in [0.5, 0.6) is 0 Å². The van der Waals surface area contributed by atoms with Crippen LogP contribution in [0.4, 0.5) is 5.82 Å². The lowest BCUT2D eigenvalue weighted by Gasteiger charge is -2.11. The Bertz CT molecular complexity index is 1360. The number of hydrogen-bond donors (Lipinski definition) is 2. The molecule has 3 aromatic heterocycles. The first-order valence-corrected chi connectivity index (χ1v) is 10.2. The van der Waals surface area contributed by atoms with E-state index in [0.29, 0.717) is 17.4 Å². The second-order valence-corrected chi connectivity index (χ2v) is 7.93. The van der Waals surface area contributed by atoms with Gasteiger partial charge in [0, 0.05) is 30.0 Å². The maximum absolute atomic E-state index is 12.8. The van der Waals surface area contributed by atoms with Gasteiger partial charge >= 0.3 is 0 Å². The number of nitrogens with two attached hydrogens (primary N) is 1. The van der Waals surface area contributed by atoms with Crippen LogP contribution in [0.2, 0.25) is 5.02 Å². The van der Waals surface area contributed by atoms with Gasteiger partial charge < -0.3 is 11.1 Å². The average Bonchev–Trinajstić information content (AvgIpc) is 3.15. The maximum atomic E-state index is 12.8. The van der Waals surface area contributed by atoms with E-state index in [1.54, 1.807) is 23.1 Å². The van der Waals surface area contributed by atoms with Crippen molar-refractivity contribution in [2.75, 3.05) is 5.73 Å². The maximum Gasteiger partial charge on any atom is 0.256 e. The average molecular weight is 446 g/mol. The molecule has 1 amide bonds. The minimum atomic E-state index is -0.377. The van der Waals surface area contributed by atoms with Crippen LogP contribution in [0, 0.1) is 25.2 Å². The Morgan fingerprint density at radius 2 is 2.09 bits per heavy atom. The molecule has 0 saturated heterocycles. The number of pyridine rings is 2. The molecule has 3 heterocycles. The van der Waals surface area contributed by atoms with Crippen LogP contribution >= 0.6 is 11.6 Å². The van der Waals surface area contributed by atoms with Gasteiger partial charge in [-0.05, 0) is 54.8 Å². The summed E-state index contributed by atoms with van der Waals surface area (Å²) >= 11 is 6.04. The monoisotopic (exact) mass is 445 g/mol. The highest BCUT2D eigenvalue weighted by molar-refractivity contribution is 6.31. The van der Waals surface area contributed by atoms with Gasteiger partial charge in [0.05, 0.1) is 22.6 Å². The second kappa shape index (κ2) is 8.65. The Kier molecular flexibility index (Phi) is 5.75. The number of hydrogen-bond acceptors (Lipinski definition) is 6. The molecule has 0 aliphatic rings. The van der Waals surface area contributed by atoms with Gasteiger partial charge in [-0.15, -0.1) is 0 Å². The number of anilines is 1. The van der Waals surface area contributed by atoms with Gasteiger partial charge in [-0.25, -0.2) is 4.98 Å².